The van der Waals surface area contributed by atoms with Crippen LogP contribution in [0, 0.1) is 0 Å². The van der Waals surface area contributed by atoms with Crippen LogP contribution in [0.2, 0.25) is 0 Å². The van der Waals surface area contributed by atoms with Gasteiger partial charge in [0.1, 0.15) is 17.1 Å². The molecule has 1 aromatic heterocycles. The number of halogens is 3. The van der Waals surface area contributed by atoms with Gasteiger partial charge in [0.25, 0.3) is 0 Å². The highest BCUT2D eigenvalue weighted by Crippen LogP contribution is 2.27. The molecule has 0 saturated heterocycles. The van der Waals surface area contributed by atoms with Gasteiger partial charge in [-0.3, -0.25) is 0 Å². The lowest BCUT2D eigenvalue weighted by molar-refractivity contribution is -0.274. The summed E-state index contributed by atoms with van der Waals surface area (Å²) in [6, 6.07) is 10.2. The second-order valence-corrected chi connectivity index (χ2v) is 6.06. The molecule has 2 aromatic carbocycles. The number of hydrogen-bond acceptors (Lipinski definition) is 6. The van der Waals surface area contributed by atoms with Crippen LogP contribution >= 0.6 is 0 Å². The lowest BCUT2D eigenvalue weighted by atomic mass is 10.1. The second kappa shape index (κ2) is 8.68. The van der Waals surface area contributed by atoms with Gasteiger partial charge >= 0.3 is 12.3 Å². The SMILES string of the molecule is COc1ccc(-c2cnc(NCc3cccc(OC(F)(F)F)c3)nc2)cc1C(=O)O. The maximum Gasteiger partial charge on any atom is 0.573 e. The highest BCUT2D eigenvalue weighted by atomic mass is 19.4. The number of rotatable bonds is 7. The Morgan fingerprint density at radius 1 is 1.10 bits per heavy atom. The van der Waals surface area contributed by atoms with E-state index in [0.29, 0.717) is 16.7 Å². The minimum atomic E-state index is -4.76. The number of aromatic nitrogens is 2. The van der Waals surface area contributed by atoms with Crippen molar-refractivity contribution >= 4 is 11.9 Å². The van der Waals surface area contributed by atoms with Gasteiger partial charge in [-0.05, 0) is 35.4 Å². The largest absolute Gasteiger partial charge is 0.573 e. The summed E-state index contributed by atoms with van der Waals surface area (Å²) in [5, 5.41) is 12.2. The fourth-order valence-corrected chi connectivity index (χ4v) is 2.66. The van der Waals surface area contributed by atoms with Crippen LogP contribution in [0.5, 0.6) is 11.5 Å². The van der Waals surface area contributed by atoms with Crippen molar-refractivity contribution in [2.24, 2.45) is 0 Å². The number of alkyl halides is 3. The molecule has 0 aliphatic rings. The molecule has 0 spiro atoms. The van der Waals surface area contributed by atoms with E-state index >= 15 is 0 Å². The summed E-state index contributed by atoms with van der Waals surface area (Å²) in [4.78, 5) is 19.7. The maximum absolute atomic E-state index is 12.3. The number of nitrogens with one attached hydrogen (secondary N) is 1. The fraction of sp³-hybridized carbons (Fsp3) is 0.150. The maximum atomic E-state index is 12.3. The van der Waals surface area contributed by atoms with Gasteiger partial charge in [-0.15, -0.1) is 13.2 Å². The molecule has 0 aliphatic heterocycles. The second-order valence-electron chi connectivity index (χ2n) is 6.06. The molecule has 1 heterocycles. The third kappa shape index (κ3) is 5.37. The van der Waals surface area contributed by atoms with Crippen LogP contribution in [0.1, 0.15) is 15.9 Å². The summed E-state index contributed by atoms with van der Waals surface area (Å²) in [5.41, 5.74) is 1.74. The van der Waals surface area contributed by atoms with Crippen molar-refractivity contribution in [3.63, 3.8) is 0 Å². The number of carboxylic acids is 1. The van der Waals surface area contributed by atoms with Crippen molar-refractivity contribution in [2.75, 3.05) is 12.4 Å². The average Bonchev–Trinajstić information content (AvgIpc) is 2.71. The Morgan fingerprint density at radius 2 is 1.83 bits per heavy atom. The molecule has 0 saturated carbocycles. The van der Waals surface area contributed by atoms with E-state index in [4.69, 9.17) is 4.74 Å². The minimum Gasteiger partial charge on any atom is -0.496 e. The van der Waals surface area contributed by atoms with Crippen molar-refractivity contribution in [3.05, 3.63) is 66.0 Å². The van der Waals surface area contributed by atoms with Gasteiger partial charge in [0.15, 0.2) is 0 Å². The topological polar surface area (TPSA) is 93.6 Å². The zero-order valence-corrected chi connectivity index (χ0v) is 15.6. The van der Waals surface area contributed by atoms with E-state index in [2.05, 4.69) is 20.0 Å². The summed E-state index contributed by atoms with van der Waals surface area (Å²) in [5.74, 6) is -0.938. The van der Waals surface area contributed by atoms with Gasteiger partial charge in [0.05, 0.1) is 7.11 Å². The molecule has 0 amide bonds. The third-order valence-corrected chi connectivity index (χ3v) is 4.00. The number of methoxy groups -OCH3 is 1. The molecular formula is C20H16F3N3O4. The zero-order chi connectivity index (χ0) is 21.7. The molecule has 0 unspecified atom stereocenters. The molecule has 156 valence electrons. The molecule has 2 N–H and O–H groups in total. The van der Waals surface area contributed by atoms with E-state index in [1.165, 1.54) is 43.8 Å². The summed E-state index contributed by atoms with van der Waals surface area (Å²) < 4.78 is 45.9. The normalized spacial score (nSPS) is 11.1. The van der Waals surface area contributed by atoms with E-state index < -0.39 is 12.3 Å². The number of aromatic carboxylic acids is 1. The first-order chi connectivity index (χ1) is 14.2. The quantitative estimate of drug-likeness (QED) is 0.588. The van der Waals surface area contributed by atoms with E-state index in [9.17, 15) is 23.1 Å². The van der Waals surface area contributed by atoms with Crippen LogP contribution in [0.25, 0.3) is 11.1 Å². The number of ether oxygens (including phenoxy) is 2. The Morgan fingerprint density at radius 3 is 2.47 bits per heavy atom. The lowest BCUT2D eigenvalue weighted by Crippen LogP contribution is -2.17. The highest BCUT2D eigenvalue weighted by molar-refractivity contribution is 5.92. The summed E-state index contributed by atoms with van der Waals surface area (Å²) in [6.45, 7) is 0.181. The predicted octanol–water partition coefficient (Wildman–Crippen LogP) is 4.36. The smallest absolute Gasteiger partial charge is 0.496 e. The zero-order valence-electron chi connectivity index (χ0n) is 15.6. The van der Waals surface area contributed by atoms with Gasteiger partial charge in [0, 0.05) is 24.5 Å². The van der Waals surface area contributed by atoms with Gasteiger partial charge in [0.2, 0.25) is 5.95 Å². The highest BCUT2D eigenvalue weighted by Gasteiger charge is 2.31. The van der Waals surface area contributed by atoms with Crippen LogP contribution < -0.4 is 14.8 Å². The molecule has 0 bridgehead atoms. The monoisotopic (exact) mass is 419 g/mol. The van der Waals surface area contributed by atoms with Crippen LogP contribution in [-0.4, -0.2) is 34.5 Å². The standard InChI is InChI=1S/C20H16F3N3O4/c1-29-17-6-5-13(8-16(17)18(27)28)14-10-25-19(26-11-14)24-9-12-3-2-4-15(7-12)30-20(21,22)23/h2-8,10-11H,9H2,1H3,(H,27,28)(H,24,25,26). The van der Waals surface area contributed by atoms with Crippen molar-refractivity contribution in [2.45, 2.75) is 12.9 Å². The van der Waals surface area contributed by atoms with Crippen molar-refractivity contribution < 1.29 is 32.5 Å². The van der Waals surface area contributed by atoms with Crippen molar-refractivity contribution in [1.29, 1.82) is 0 Å². The van der Waals surface area contributed by atoms with E-state index in [-0.39, 0.29) is 29.6 Å². The summed E-state index contributed by atoms with van der Waals surface area (Å²) in [6.07, 6.45) is -1.75. The van der Waals surface area contributed by atoms with Gasteiger partial charge in [-0.25, -0.2) is 14.8 Å². The Bertz CT molecular complexity index is 1040. The molecule has 7 nitrogen and oxygen atoms in total. The summed E-state index contributed by atoms with van der Waals surface area (Å²) >= 11 is 0. The first kappa shape index (κ1) is 20.9. The third-order valence-electron chi connectivity index (χ3n) is 4.00. The first-order valence-corrected chi connectivity index (χ1v) is 8.57. The first-order valence-electron chi connectivity index (χ1n) is 8.57. The molecule has 10 heteroatoms. The van der Waals surface area contributed by atoms with Crippen molar-refractivity contribution in [3.8, 4) is 22.6 Å². The lowest BCUT2D eigenvalue weighted by Gasteiger charge is -2.11. The summed E-state index contributed by atoms with van der Waals surface area (Å²) in [7, 11) is 1.38. The van der Waals surface area contributed by atoms with E-state index in [0.717, 1.165) is 0 Å². The fourth-order valence-electron chi connectivity index (χ4n) is 2.66. The number of carboxylic acid groups (broad SMARTS) is 1. The van der Waals surface area contributed by atoms with Crippen LogP contribution in [-0.2, 0) is 6.54 Å². The Hall–Kier alpha value is -3.82. The number of benzene rings is 2. The molecule has 3 aromatic rings. The number of nitrogens with zero attached hydrogens (tertiary/aromatic N) is 2. The van der Waals surface area contributed by atoms with Gasteiger partial charge in [-0.1, -0.05) is 18.2 Å². The van der Waals surface area contributed by atoms with Crippen LogP contribution in [0.4, 0.5) is 19.1 Å². The molecule has 0 atom stereocenters. The number of hydrogen-bond donors (Lipinski definition) is 2. The van der Waals surface area contributed by atoms with Gasteiger partial charge in [-0.2, -0.15) is 0 Å². The number of carbonyl (C=O) groups is 1. The minimum absolute atomic E-state index is 0.0122. The Balaban J connectivity index is 1.69. The molecule has 3 rings (SSSR count). The average molecular weight is 419 g/mol. The predicted molar refractivity (Wildman–Crippen MR) is 101 cm³/mol. The van der Waals surface area contributed by atoms with E-state index in [1.54, 1.807) is 18.2 Å². The Kier molecular flexibility index (Phi) is 6.05. The number of anilines is 1. The molecule has 30 heavy (non-hydrogen) atoms. The molecular weight excluding hydrogens is 403 g/mol. The molecule has 0 fully saturated rings. The molecule has 0 radical (unpaired) electrons. The molecule has 0 aliphatic carbocycles. The van der Waals surface area contributed by atoms with Crippen LogP contribution in [0.15, 0.2) is 54.9 Å². The van der Waals surface area contributed by atoms with Crippen LogP contribution in [0.3, 0.4) is 0 Å². The van der Waals surface area contributed by atoms with Crippen molar-refractivity contribution in [1.82, 2.24) is 9.97 Å². The van der Waals surface area contributed by atoms with Gasteiger partial charge < -0.3 is 19.9 Å². The Labute approximate surface area is 169 Å². The van der Waals surface area contributed by atoms with E-state index in [1.807, 2.05) is 0 Å².